The highest BCUT2D eigenvalue weighted by atomic mass is 32.1. The minimum Gasteiger partial charge on any atom is -0.397 e. The van der Waals surface area contributed by atoms with E-state index in [9.17, 15) is 4.79 Å². The molecule has 2 rings (SSSR count). The maximum Gasteiger partial charge on any atom is 0.256 e. The molecule has 0 unspecified atom stereocenters. The number of anilines is 3. The lowest BCUT2D eigenvalue weighted by molar-refractivity contribution is 0.102. The van der Waals surface area contributed by atoms with Crippen LogP contribution in [0.15, 0.2) is 24.4 Å². The zero-order valence-electron chi connectivity index (χ0n) is 10.0. The first kappa shape index (κ1) is 12.3. The van der Waals surface area contributed by atoms with E-state index in [0.717, 1.165) is 17.2 Å². The Balaban J connectivity index is 2.19. The van der Waals surface area contributed by atoms with Gasteiger partial charge in [-0.3, -0.25) is 4.79 Å². The molecule has 18 heavy (non-hydrogen) atoms. The van der Waals surface area contributed by atoms with Crippen molar-refractivity contribution in [2.75, 3.05) is 30.0 Å². The number of nitrogen functional groups attached to an aromatic ring is 1. The van der Waals surface area contributed by atoms with E-state index in [2.05, 4.69) is 14.9 Å². The Morgan fingerprint density at radius 2 is 2.22 bits per heavy atom. The average molecular weight is 263 g/mol. The lowest BCUT2D eigenvalue weighted by atomic mass is 10.1. The van der Waals surface area contributed by atoms with Gasteiger partial charge < -0.3 is 16.0 Å². The smallest absolute Gasteiger partial charge is 0.256 e. The standard InChI is InChI=1S/C11H13N5OS/c1-16(2)9-4-3-7(5-8(9)12)11(17)14-10-6-13-15-18-10/h3-6H,12H2,1-2H3,(H,14,17). The molecule has 0 aliphatic heterocycles. The molecule has 0 fully saturated rings. The van der Waals surface area contributed by atoms with Gasteiger partial charge in [0.15, 0.2) is 0 Å². The number of hydrogen-bond acceptors (Lipinski definition) is 6. The van der Waals surface area contributed by atoms with Gasteiger partial charge in [0.2, 0.25) is 0 Å². The van der Waals surface area contributed by atoms with Crippen LogP contribution in [0, 0.1) is 0 Å². The molecule has 1 amide bonds. The second kappa shape index (κ2) is 5.01. The number of aromatic nitrogens is 2. The van der Waals surface area contributed by atoms with Crippen LogP contribution >= 0.6 is 11.5 Å². The molecular formula is C11H13N5OS. The number of benzene rings is 1. The van der Waals surface area contributed by atoms with E-state index >= 15 is 0 Å². The van der Waals surface area contributed by atoms with Crippen molar-refractivity contribution >= 4 is 33.8 Å². The number of nitrogens with two attached hydrogens (primary N) is 1. The second-order valence-electron chi connectivity index (χ2n) is 3.90. The molecule has 3 N–H and O–H groups in total. The summed E-state index contributed by atoms with van der Waals surface area (Å²) in [7, 11) is 3.79. The molecule has 1 aromatic carbocycles. The highest BCUT2D eigenvalue weighted by Gasteiger charge is 2.10. The van der Waals surface area contributed by atoms with E-state index in [1.165, 1.54) is 6.20 Å². The maximum atomic E-state index is 11.9. The van der Waals surface area contributed by atoms with E-state index in [1.54, 1.807) is 12.1 Å². The van der Waals surface area contributed by atoms with Gasteiger partial charge in [-0.1, -0.05) is 4.49 Å². The zero-order chi connectivity index (χ0) is 13.1. The second-order valence-corrected chi connectivity index (χ2v) is 4.69. The summed E-state index contributed by atoms with van der Waals surface area (Å²) in [4.78, 5) is 13.8. The van der Waals surface area contributed by atoms with Crippen LogP contribution < -0.4 is 16.0 Å². The largest absolute Gasteiger partial charge is 0.397 e. The van der Waals surface area contributed by atoms with Gasteiger partial charge in [0.1, 0.15) is 5.00 Å². The molecular weight excluding hydrogens is 250 g/mol. The van der Waals surface area contributed by atoms with Crippen molar-refractivity contribution in [2.45, 2.75) is 0 Å². The lowest BCUT2D eigenvalue weighted by Crippen LogP contribution is -2.14. The number of nitrogens with zero attached hydrogens (tertiary/aromatic N) is 3. The van der Waals surface area contributed by atoms with Gasteiger partial charge in [0, 0.05) is 31.2 Å². The molecule has 0 aliphatic rings. The highest BCUT2D eigenvalue weighted by molar-refractivity contribution is 7.10. The Labute approximate surface area is 109 Å². The summed E-state index contributed by atoms with van der Waals surface area (Å²) in [6, 6.07) is 5.20. The third-order valence-electron chi connectivity index (χ3n) is 2.37. The minimum absolute atomic E-state index is 0.224. The van der Waals surface area contributed by atoms with Crippen LogP contribution in [-0.4, -0.2) is 29.6 Å². The average Bonchev–Trinajstić information content (AvgIpc) is 2.81. The van der Waals surface area contributed by atoms with E-state index in [0.29, 0.717) is 16.3 Å². The fourth-order valence-corrected chi connectivity index (χ4v) is 1.92. The maximum absolute atomic E-state index is 11.9. The SMILES string of the molecule is CN(C)c1ccc(C(=O)Nc2cnns2)cc1N. The van der Waals surface area contributed by atoms with E-state index in [-0.39, 0.29) is 5.91 Å². The molecule has 0 aliphatic carbocycles. The highest BCUT2D eigenvalue weighted by Crippen LogP contribution is 2.23. The van der Waals surface area contributed by atoms with Crippen LogP contribution in [0.1, 0.15) is 10.4 Å². The molecule has 0 spiro atoms. The first-order chi connectivity index (χ1) is 8.58. The summed E-state index contributed by atoms with van der Waals surface area (Å²) in [6.07, 6.45) is 1.50. The molecule has 0 saturated carbocycles. The Kier molecular flexibility index (Phi) is 3.42. The lowest BCUT2D eigenvalue weighted by Gasteiger charge is -2.15. The number of amides is 1. The number of rotatable bonds is 3. The molecule has 94 valence electrons. The number of nitrogens with one attached hydrogen (secondary N) is 1. The third-order valence-corrected chi connectivity index (χ3v) is 2.95. The molecule has 1 heterocycles. The Bertz CT molecular complexity index is 553. The van der Waals surface area contributed by atoms with Crippen molar-refractivity contribution in [2.24, 2.45) is 0 Å². The Morgan fingerprint density at radius 1 is 1.44 bits per heavy atom. The number of hydrogen-bond donors (Lipinski definition) is 2. The predicted molar refractivity (Wildman–Crippen MR) is 73.0 cm³/mol. The summed E-state index contributed by atoms with van der Waals surface area (Å²) in [6.45, 7) is 0. The molecule has 6 nitrogen and oxygen atoms in total. The Hall–Kier alpha value is -2.15. The molecule has 0 radical (unpaired) electrons. The van der Waals surface area contributed by atoms with Crippen molar-refractivity contribution in [3.8, 4) is 0 Å². The van der Waals surface area contributed by atoms with Gasteiger partial charge in [-0.15, -0.1) is 5.10 Å². The molecule has 0 bridgehead atoms. The van der Waals surface area contributed by atoms with Crippen molar-refractivity contribution in [3.05, 3.63) is 30.0 Å². The van der Waals surface area contributed by atoms with Crippen molar-refractivity contribution < 1.29 is 4.79 Å². The number of carbonyl (C=O) groups excluding carboxylic acids is 1. The molecule has 0 atom stereocenters. The molecule has 1 aromatic heterocycles. The van der Waals surface area contributed by atoms with Crippen LogP contribution in [0.3, 0.4) is 0 Å². The fraction of sp³-hybridized carbons (Fsp3) is 0.182. The van der Waals surface area contributed by atoms with E-state index in [1.807, 2.05) is 25.1 Å². The third kappa shape index (κ3) is 2.57. The summed E-state index contributed by atoms with van der Waals surface area (Å²) in [5.74, 6) is -0.224. The van der Waals surface area contributed by atoms with Crippen molar-refractivity contribution in [3.63, 3.8) is 0 Å². The van der Waals surface area contributed by atoms with Crippen LogP contribution in [-0.2, 0) is 0 Å². The van der Waals surface area contributed by atoms with Crippen LogP contribution in [0.4, 0.5) is 16.4 Å². The van der Waals surface area contributed by atoms with Crippen LogP contribution in [0.5, 0.6) is 0 Å². The van der Waals surface area contributed by atoms with Gasteiger partial charge in [-0.05, 0) is 18.2 Å². The van der Waals surface area contributed by atoms with E-state index < -0.39 is 0 Å². The quantitative estimate of drug-likeness (QED) is 0.819. The van der Waals surface area contributed by atoms with E-state index in [4.69, 9.17) is 5.73 Å². The Morgan fingerprint density at radius 3 is 2.78 bits per heavy atom. The minimum atomic E-state index is -0.224. The monoisotopic (exact) mass is 263 g/mol. The van der Waals surface area contributed by atoms with Crippen LogP contribution in [0.2, 0.25) is 0 Å². The van der Waals surface area contributed by atoms with Gasteiger partial charge in [-0.25, -0.2) is 0 Å². The number of carbonyl (C=O) groups is 1. The summed E-state index contributed by atoms with van der Waals surface area (Å²) < 4.78 is 3.67. The zero-order valence-corrected chi connectivity index (χ0v) is 10.9. The molecule has 2 aromatic rings. The topological polar surface area (TPSA) is 84.1 Å². The normalized spacial score (nSPS) is 10.1. The first-order valence-corrected chi connectivity index (χ1v) is 6.01. The molecule has 0 saturated heterocycles. The van der Waals surface area contributed by atoms with Crippen molar-refractivity contribution in [1.82, 2.24) is 9.59 Å². The van der Waals surface area contributed by atoms with Gasteiger partial charge in [0.05, 0.1) is 17.6 Å². The summed E-state index contributed by atoms with van der Waals surface area (Å²) in [5, 5.41) is 6.95. The molecule has 7 heteroatoms. The summed E-state index contributed by atoms with van der Waals surface area (Å²) >= 11 is 1.13. The summed E-state index contributed by atoms with van der Waals surface area (Å²) in [5.41, 5.74) is 7.84. The van der Waals surface area contributed by atoms with Gasteiger partial charge in [-0.2, -0.15) is 0 Å². The van der Waals surface area contributed by atoms with Crippen molar-refractivity contribution in [1.29, 1.82) is 0 Å². The predicted octanol–water partition coefficient (Wildman–Crippen LogP) is 1.44. The first-order valence-electron chi connectivity index (χ1n) is 5.23. The van der Waals surface area contributed by atoms with Crippen LogP contribution in [0.25, 0.3) is 0 Å². The fourth-order valence-electron chi connectivity index (χ4n) is 1.51. The van der Waals surface area contributed by atoms with Gasteiger partial charge >= 0.3 is 0 Å². The van der Waals surface area contributed by atoms with Gasteiger partial charge in [0.25, 0.3) is 5.91 Å².